The average molecular weight is 644 g/mol. The van der Waals surface area contributed by atoms with Crippen molar-refractivity contribution in [1.29, 1.82) is 0 Å². The van der Waals surface area contributed by atoms with E-state index in [2.05, 4.69) is 20.7 Å². The van der Waals surface area contributed by atoms with Crippen LogP contribution in [-0.2, 0) is 11.0 Å². The number of anilines is 1. The molecule has 0 aliphatic carbocycles. The largest absolute Gasteiger partial charge is 0.618 e. The molecule has 1 aliphatic heterocycles. The van der Waals surface area contributed by atoms with Crippen LogP contribution in [0.1, 0.15) is 55.1 Å². The third kappa shape index (κ3) is 6.10. The summed E-state index contributed by atoms with van der Waals surface area (Å²) in [5, 5.41) is 27.2. The van der Waals surface area contributed by atoms with Gasteiger partial charge in [0.25, 0.3) is 0 Å². The monoisotopic (exact) mass is 643 g/mol. The van der Waals surface area contributed by atoms with Gasteiger partial charge in [-0.2, -0.15) is 31.8 Å². The van der Waals surface area contributed by atoms with Crippen molar-refractivity contribution in [3.63, 3.8) is 0 Å². The van der Waals surface area contributed by atoms with Crippen molar-refractivity contribution < 1.29 is 31.5 Å². The average Bonchev–Trinajstić information content (AvgIpc) is 3.65. The molecule has 6 rings (SSSR count). The number of hydrogen-bond donors (Lipinski definition) is 1. The van der Waals surface area contributed by atoms with E-state index in [-0.39, 0.29) is 34.4 Å². The highest BCUT2D eigenvalue weighted by molar-refractivity contribution is 6.31. The van der Waals surface area contributed by atoms with E-state index in [0.717, 1.165) is 10.9 Å². The minimum absolute atomic E-state index is 0.0418. The predicted molar refractivity (Wildman–Crippen MR) is 154 cm³/mol. The number of rotatable bonds is 4. The lowest BCUT2D eigenvalue weighted by atomic mass is 9.88. The molecular formula is C30H23ClF5N7O2. The minimum Gasteiger partial charge on any atom is -0.618 e. The number of halogens is 6. The Morgan fingerprint density at radius 1 is 1.07 bits per heavy atom. The molecule has 1 N–H and O–H groups in total. The highest BCUT2D eigenvalue weighted by Crippen LogP contribution is 2.37. The van der Waals surface area contributed by atoms with Crippen molar-refractivity contribution in [1.82, 2.24) is 24.8 Å². The Bertz CT molecular complexity index is 1890. The van der Waals surface area contributed by atoms with E-state index in [1.165, 1.54) is 30.6 Å². The molecule has 1 unspecified atom stereocenters. The van der Waals surface area contributed by atoms with E-state index in [9.17, 15) is 32.0 Å². The summed E-state index contributed by atoms with van der Waals surface area (Å²) in [7, 11) is 0. The van der Waals surface area contributed by atoms with Gasteiger partial charge in [0, 0.05) is 34.2 Å². The van der Waals surface area contributed by atoms with Crippen LogP contribution in [0.3, 0.4) is 0 Å². The van der Waals surface area contributed by atoms with Gasteiger partial charge in [0.2, 0.25) is 5.91 Å². The van der Waals surface area contributed by atoms with Crippen LogP contribution >= 0.6 is 11.6 Å². The summed E-state index contributed by atoms with van der Waals surface area (Å²) in [6.45, 7) is -2.96. The number of hydrogen-bond acceptors (Lipinski definition) is 5. The summed E-state index contributed by atoms with van der Waals surface area (Å²) < 4.78 is 69.5. The second kappa shape index (κ2) is 11.9. The van der Waals surface area contributed by atoms with Crippen LogP contribution in [0.5, 0.6) is 0 Å². The Morgan fingerprint density at radius 3 is 2.62 bits per heavy atom. The predicted octanol–water partition coefficient (Wildman–Crippen LogP) is 7.14. The molecule has 15 heteroatoms. The van der Waals surface area contributed by atoms with E-state index < -0.39 is 24.3 Å². The highest BCUT2D eigenvalue weighted by atomic mass is 35.5. The van der Waals surface area contributed by atoms with Gasteiger partial charge in [0.05, 0.1) is 35.4 Å². The molecule has 9 nitrogen and oxygen atoms in total. The van der Waals surface area contributed by atoms with Gasteiger partial charge in [-0.25, -0.2) is 9.36 Å². The zero-order chi connectivity index (χ0) is 31.9. The number of amides is 1. The summed E-state index contributed by atoms with van der Waals surface area (Å²) in [5.74, 6) is -0.817. The first-order valence-electron chi connectivity index (χ1n) is 13.8. The van der Waals surface area contributed by atoms with Crippen molar-refractivity contribution in [2.45, 2.75) is 44.3 Å². The Balaban J connectivity index is 1.42. The Hall–Kier alpha value is -4.85. The molecule has 1 atom stereocenters. The summed E-state index contributed by atoms with van der Waals surface area (Å²) >= 11 is 6.23. The molecule has 2 aromatic carbocycles. The number of benzene rings is 2. The quantitative estimate of drug-likeness (QED) is 0.127. The maximum absolute atomic E-state index is 13.9. The first-order chi connectivity index (χ1) is 21.5. The maximum Gasteiger partial charge on any atom is 0.436 e. The van der Waals surface area contributed by atoms with Gasteiger partial charge in [-0.05, 0) is 48.7 Å². The van der Waals surface area contributed by atoms with Crippen molar-refractivity contribution in [2.24, 2.45) is 0 Å². The number of carbonyl (C=O) groups is 1. The molecule has 3 aromatic heterocycles. The van der Waals surface area contributed by atoms with Gasteiger partial charge in [0.15, 0.2) is 17.6 Å². The number of pyridine rings is 1. The Labute approximate surface area is 257 Å². The number of aromatic nitrogens is 6. The molecule has 232 valence electrons. The van der Waals surface area contributed by atoms with E-state index in [4.69, 9.17) is 11.6 Å². The molecule has 0 fully saturated rings. The summed E-state index contributed by atoms with van der Waals surface area (Å²) in [4.78, 5) is 12.6. The fourth-order valence-corrected chi connectivity index (χ4v) is 5.67. The molecule has 45 heavy (non-hydrogen) atoms. The van der Waals surface area contributed by atoms with E-state index in [1.807, 2.05) is 0 Å². The maximum atomic E-state index is 13.9. The SMILES string of the molecule is O=C1CCCCC(c2ccc(-c3cc(Cl)ccc3-n3cc(C(F)(F)F)nn3)c[n+]2[O-])c2cccc(c2)-c2c(cnn2C(F)F)N1. The van der Waals surface area contributed by atoms with Gasteiger partial charge >= 0.3 is 12.7 Å². The first kappa shape index (κ1) is 30.2. The molecule has 4 heterocycles. The fourth-order valence-electron chi connectivity index (χ4n) is 5.50. The van der Waals surface area contributed by atoms with Crippen molar-refractivity contribution in [3.05, 3.63) is 100 Å². The van der Waals surface area contributed by atoms with Gasteiger partial charge in [0.1, 0.15) is 0 Å². The molecular weight excluding hydrogens is 621 g/mol. The van der Waals surface area contributed by atoms with E-state index in [0.29, 0.717) is 56.6 Å². The van der Waals surface area contributed by atoms with E-state index in [1.54, 1.807) is 36.4 Å². The molecule has 0 saturated heterocycles. The smallest absolute Gasteiger partial charge is 0.436 e. The fraction of sp³-hybridized carbons (Fsp3) is 0.233. The van der Waals surface area contributed by atoms with Crippen LogP contribution in [-0.4, -0.2) is 30.7 Å². The van der Waals surface area contributed by atoms with Crippen LogP contribution in [0.15, 0.2) is 73.2 Å². The number of nitrogens with one attached hydrogen (secondary N) is 1. The van der Waals surface area contributed by atoms with Gasteiger partial charge in [-0.15, -0.1) is 5.10 Å². The highest BCUT2D eigenvalue weighted by Gasteiger charge is 2.35. The van der Waals surface area contributed by atoms with Gasteiger partial charge < -0.3 is 10.5 Å². The molecule has 0 spiro atoms. The minimum atomic E-state index is -4.69. The summed E-state index contributed by atoms with van der Waals surface area (Å²) in [5.41, 5.74) is 1.37. The second-order valence-electron chi connectivity index (χ2n) is 10.5. The lowest BCUT2D eigenvalue weighted by Crippen LogP contribution is -2.33. The van der Waals surface area contributed by atoms with Crippen LogP contribution in [0, 0.1) is 5.21 Å². The molecule has 0 saturated carbocycles. The molecule has 1 aliphatic rings. The van der Waals surface area contributed by atoms with Crippen LogP contribution in [0.4, 0.5) is 27.6 Å². The van der Waals surface area contributed by atoms with Crippen molar-refractivity contribution in [2.75, 3.05) is 5.32 Å². The Kier molecular flexibility index (Phi) is 7.99. The summed E-state index contributed by atoms with van der Waals surface area (Å²) in [6.07, 6.45) is 0.222. The van der Waals surface area contributed by atoms with Crippen molar-refractivity contribution in [3.8, 4) is 28.1 Å². The second-order valence-corrected chi connectivity index (χ2v) is 10.9. The molecule has 5 aromatic rings. The summed E-state index contributed by atoms with van der Waals surface area (Å²) in [6, 6.07) is 14.5. The number of fused-ring (bicyclic) bond motifs is 4. The number of alkyl halides is 5. The zero-order valence-corrected chi connectivity index (χ0v) is 23.9. The van der Waals surface area contributed by atoms with Crippen LogP contribution in [0.2, 0.25) is 5.02 Å². The molecule has 0 radical (unpaired) electrons. The lowest BCUT2D eigenvalue weighted by molar-refractivity contribution is -0.614. The Morgan fingerprint density at radius 2 is 1.89 bits per heavy atom. The zero-order valence-electron chi connectivity index (χ0n) is 23.2. The standard InChI is InChI=1S/C30H23ClF5N7O2/c31-20-9-11-24(41-16-26(39-40-41)30(34,35)36)22(13-20)19-8-10-25(42(45)15-19)21-6-1-2-7-27(44)38-23-14-37-43(29(32)33)28(23)18-5-3-4-17(21)12-18/h3-5,8-16,21,29H,1-2,6-7H2,(H,38,44). The first-order valence-corrected chi connectivity index (χ1v) is 14.2. The normalized spacial score (nSPS) is 15.7. The van der Waals surface area contributed by atoms with Crippen LogP contribution < -0.4 is 10.0 Å². The molecule has 1 amide bonds. The van der Waals surface area contributed by atoms with Crippen LogP contribution in [0.25, 0.3) is 28.1 Å². The topological polar surface area (TPSA) is 105 Å². The van der Waals surface area contributed by atoms with Crippen molar-refractivity contribution >= 4 is 23.2 Å². The third-order valence-electron chi connectivity index (χ3n) is 7.57. The van der Waals surface area contributed by atoms with Gasteiger partial charge in [-0.3, -0.25) is 4.79 Å². The van der Waals surface area contributed by atoms with E-state index >= 15 is 0 Å². The third-order valence-corrected chi connectivity index (χ3v) is 7.80. The van der Waals surface area contributed by atoms with Gasteiger partial charge in [-0.1, -0.05) is 41.4 Å². The molecule has 2 bridgehead atoms. The number of nitrogens with zero attached hydrogens (tertiary/aromatic N) is 6. The number of carbonyl (C=O) groups excluding carboxylic acids is 1. The lowest BCUT2D eigenvalue weighted by Gasteiger charge is -2.20.